The highest BCUT2D eigenvalue weighted by atomic mass is 32.2. The number of carbonyl (C=O) groups excluding carboxylic acids is 1. The number of pyridine rings is 1. The molecule has 0 atom stereocenters. The van der Waals surface area contributed by atoms with Gasteiger partial charge in [0, 0.05) is 37.7 Å². The van der Waals surface area contributed by atoms with Gasteiger partial charge in [0.25, 0.3) is 11.5 Å². The van der Waals surface area contributed by atoms with Crippen molar-refractivity contribution in [2.75, 3.05) is 18.2 Å². The summed E-state index contributed by atoms with van der Waals surface area (Å²) >= 11 is 0. The number of rotatable bonds is 3. The van der Waals surface area contributed by atoms with E-state index in [4.69, 9.17) is 4.74 Å². The molecule has 0 fully saturated rings. The molecule has 0 saturated heterocycles. The van der Waals surface area contributed by atoms with Gasteiger partial charge in [-0.2, -0.15) is 0 Å². The van der Waals surface area contributed by atoms with E-state index < -0.39 is 27.0 Å². The van der Waals surface area contributed by atoms with E-state index in [0.717, 1.165) is 6.26 Å². The lowest BCUT2D eigenvalue weighted by Crippen LogP contribution is -2.51. The summed E-state index contributed by atoms with van der Waals surface area (Å²) in [6.45, 7) is 3.19. The number of hydrogen-bond acceptors (Lipinski definition) is 6. The maximum absolute atomic E-state index is 12.7. The molecule has 0 spiro atoms. The summed E-state index contributed by atoms with van der Waals surface area (Å²) in [6.07, 6.45) is 2.52. The second kappa shape index (κ2) is 6.70. The molecule has 3 aromatic rings. The number of ether oxygens (including phenoxy) is 1. The van der Waals surface area contributed by atoms with Crippen molar-refractivity contribution in [1.82, 2.24) is 9.55 Å². The number of aryl methyl sites for hydroxylation is 1. The van der Waals surface area contributed by atoms with Crippen LogP contribution in [0.2, 0.25) is 0 Å². The average Bonchev–Trinajstić information content (AvgIpc) is 3.14. The van der Waals surface area contributed by atoms with Crippen LogP contribution in [0, 0.1) is 0 Å². The number of nitrogens with one attached hydrogen (secondary N) is 1. The van der Waals surface area contributed by atoms with Gasteiger partial charge in [-0.1, -0.05) is 0 Å². The van der Waals surface area contributed by atoms with Crippen LogP contribution >= 0.6 is 0 Å². The summed E-state index contributed by atoms with van der Waals surface area (Å²) in [4.78, 5) is 40.9. The zero-order valence-corrected chi connectivity index (χ0v) is 18.8. The number of benzene rings is 1. The first-order valence-corrected chi connectivity index (χ1v) is 11.4. The first-order chi connectivity index (χ1) is 14.7. The van der Waals surface area contributed by atoms with Crippen LogP contribution in [0.3, 0.4) is 0 Å². The molecule has 1 aromatic carbocycles. The smallest absolute Gasteiger partial charge is 0.352 e. The van der Waals surface area contributed by atoms with Gasteiger partial charge in [-0.15, -0.1) is 0 Å². The second-order valence-electron chi connectivity index (χ2n) is 8.30. The monoisotopic (exact) mass is 459 g/mol. The Morgan fingerprint density at radius 1 is 1.12 bits per heavy atom. The molecule has 1 aliphatic heterocycles. The van der Waals surface area contributed by atoms with Gasteiger partial charge < -0.3 is 24.3 Å². The van der Waals surface area contributed by atoms with Crippen molar-refractivity contribution in [2.45, 2.75) is 24.3 Å². The van der Waals surface area contributed by atoms with Crippen LogP contribution in [0.15, 0.2) is 34.1 Å². The first-order valence-electron chi connectivity index (χ1n) is 9.53. The molecular formula is C21H21N3O7S. The number of nitrogens with zero attached hydrogens (tertiary/aromatic N) is 2. The number of fused-ring (bicyclic) bond motifs is 2. The van der Waals surface area contributed by atoms with Gasteiger partial charge in [-0.05, 0) is 32.0 Å². The minimum absolute atomic E-state index is 0.0544. The molecule has 0 bridgehead atoms. The largest absolute Gasteiger partial charge is 0.477 e. The van der Waals surface area contributed by atoms with Crippen molar-refractivity contribution >= 4 is 38.3 Å². The van der Waals surface area contributed by atoms with Crippen LogP contribution in [0.1, 0.15) is 24.3 Å². The molecule has 168 valence electrons. The Morgan fingerprint density at radius 2 is 1.78 bits per heavy atom. The lowest BCUT2D eigenvalue weighted by Gasteiger charge is -2.38. The van der Waals surface area contributed by atoms with Gasteiger partial charge in [-0.3, -0.25) is 9.59 Å². The molecule has 0 aliphatic carbocycles. The Balaban J connectivity index is 2.17. The van der Waals surface area contributed by atoms with Crippen LogP contribution in [0.25, 0.3) is 22.0 Å². The van der Waals surface area contributed by atoms with Gasteiger partial charge >= 0.3 is 5.97 Å². The van der Waals surface area contributed by atoms with E-state index >= 15 is 0 Å². The third-order valence-electron chi connectivity index (χ3n) is 5.49. The fourth-order valence-electron chi connectivity index (χ4n) is 3.83. The van der Waals surface area contributed by atoms with E-state index in [2.05, 4.69) is 4.98 Å². The first kappa shape index (κ1) is 21.6. The van der Waals surface area contributed by atoms with Crippen molar-refractivity contribution in [3.63, 3.8) is 0 Å². The number of aromatic amines is 1. The highest BCUT2D eigenvalue weighted by molar-refractivity contribution is 7.90. The number of anilines is 1. The number of carbonyl (C=O) groups is 2. The molecule has 1 amide bonds. The topological polar surface area (TPSA) is 139 Å². The van der Waals surface area contributed by atoms with Crippen molar-refractivity contribution in [1.29, 1.82) is 0 Å². The second-order valence-corrected chi connectivity index (χ2v) is 10.3. The highest BCUT2D eigenvalue weighted by Gasteiger charge is 2.41. The Labute approximate surface area is 183 Å². The number of likely N-dealkylation sites (N-methyl/N-ethyl adjacent to an activating group) is 1. The number of carboxylic acid groups (broad SMARTS) is 1. The van der Waals surface area contributed by atoms with Crippen LogP contribution in [-0.2, 0) is 21.7 Å². The van der Waals surface area contributed by atoms with E-state index in [0.29, 0.717) is 11.1 Å². The molecule has 0 radical (unpaired) electrons. The predicted molar refractivity (Wildman–Crippen MR) is 117 cm³/mol. The number of hydrogen-bond donors (Lipinski definition) is 2. The van der Waals surface area contributed by atoms with Crippen molar-refractivity contribution in [3.05, 3.63) is 40.4 Å². The van der Waals surface area contributed by atoms with E-state index in [-0.39, 0.29) is 38.8 Å². The van der Waals surface area contributed by atoms with Crippen LogP contribution < -0.4 is 15.2 Å². The standard InChI is InChI=1S/C21H21N3O7S/c1-21(2)20(28)24(4)15-7-10(32(5,29)30)6-11(17(15)31-21)13-9-23(3)18(25)12-8-14(19(26)27)22-16(12)13/h6-9,22H,1-5H3,(H,26,27). The lowest BCUT2D eigenvalue weighted by atomic mass is 9.98. The molecule has 10 nitrogen and oxygen atoms in total. The van der Waals surface area contributed by atoms with E-state index in [1.165, 1.54) is 48.0 Å². The van der Waals surface area contributed by atoms with E-state index in [1.54, 1.807) is 13.8 Å². The normalized spacial score (nSPS) is 15.5. The molecule has 2 aromatic heterocycles. The fourth-order valence-corrected chi connectivity index (χ4v) is 4.49. The van der Waals surface area contributed by atoms with Crippen LogP contribution in [-0.4, -0.2) is 53.9 Å². The molecule has 2 N–H and O–H groups in total. The van der Waals surface area contributed by atoms with Gasteiger partial charge in [0.05, 0.1) is 21.5 Å². The Hall–Kier alpha value is -3.60. The summed E-state index contributed by atoms with van der Waals surface area (Å²) in [6, 6.07) is 3.99. The summed E-state index contributed by atoms with van der Waals surface area (Å²) in [5.41, 5.74) is -0.714. The van der Waals surface area contributed by atoms with Gasteiger partial charge in [0.1, 0.15) is 5.69 Å². The van der Waals surface area contributed by atoms with Crippen LogP contribution in [0.5, 0.6) is 5.75 Å². The Morgan fingerprint density at radius 3 is 2.38 bits per heavy atom. The number of aromatic nitrogens is 2. The number of aromatic carboxylic acids is 1. The van der Waals surface area contributed by atoms with Gasteiger partial charge in [0.2, 0.25) is 0 Å². The van der Waals surface area contributed by atoms with Crippen molar-refractivity contribution in [2.24, 2.45) is 7.05 Å². The summed E-state index contributed by atoms with van der Waals surface area (Å²) in [5, 5.41) is 9.52. The molecular weight excluding hydrogens is 438 g/mol. The molecule has 32 heavy (non-hydrogen) atoms. The highest BCUT2D eigenvalue weighted by Crippen LogP contribution is 2.46. The number of carboxylic acids is 1. The number of sulfone groups is 1. The zero-order valence-electron chi connectivity index (χ0n) is 18.0. The molecule has 3 heterocycles. The zero-order chi connectivity index (χ0) is 23.7. The molecule has 0 saturated carbocycles. The Kier molecular flexibility index (Phi) is 4.53. The van der Waals surface area contributed by atoms with Crippen molar-refractivity contribution < 1.29 is 27.9 Å². The molecule has 4 rings (SSSR count). The SMILES string of the molecule is CN1C(=O)C(C)(C)Oc2c(-c3cn(C)c(=O)c4cc(C(=O)O)[nH]c34)cc(S(C)(=O)=O)cc21. The van der Waals surface area contributed by atoms with E-state index in [1.807, 2.05) is 0 Å². The predicted octanol–water partition coefficient (Wildman–Crippen LogP) is 1.77. The van der Waals surface area contributed by atoms with Gasteiger partial charge in [-0.25, -0.2) is 13.2 Å². The fraction of sp³-hybridized carbons (Fsp3) is 0.286. The lowest BCUT2D eigenvalue weighted by molar-refractivity contribution is -0.132. The maximum atomic E-state index is 12.7. The molecule has 11 heteroatoms. The molecule has 0 unspecified atom stereocenters. The third kappa shape index (κ3) is 3.16. The summed E-state index contributed by atoms with van der Waals surface area (Å²) in [5.74, 6) is -1.36. The maximum Gasteiger partial charge on any atom is 0.352 e. The minimum atomic E-state index is -3.68. The van der Waals surface area contributed by atoms with Crippen molar-refractivity contribution in [3.8, 4) is 16.9 Å². The Bertz CT molecular complexity index is 1500. The number of amides is 1. The molecule has 1 aliphatic rings. The summed E-state index contributed by atoms with van der Waals surface area (Å²) in [7, 11) is -0.654. The van der Waals surface area contributed by atoms with E-state index in [9.17, 15) is 27.9 Å². The van der Waals surface area contributed by atoms with Gasteiger partial charge in [0.15, 0.2) is 21.2 Å². The minimum Gasteiger partial charge on any atom is -0.477 e. The number of H-pyrrole nitrogens is 1. The average molecular weight is 459 g/mol. The van der Waals surface area contributed by atoms with Crippen LogP contribution in [0.4, 0.5) is 5.69 Å². The summed E-state index contributed by atoms with van der Waals surface area (Å²) < 4.78 is 32.1. The third-order valence-corrected chi connectivity index (χ3v) is 6.58. The quantitative estimate of drug-likeness (QED) is 0.608.